The first kappa shape index (κ1) is 23.0. The highest BCUT2D eigenvalue weighted by Gasteiger charge is 2.35. The monoisotopic (exact) mass is 492 g/mol. The average molecular weight is 493 g/mol. The van der Waals surface area contributed by atoms with Gasteiger partial charge in [-0.3, -0.25) is 4.79 Å². The SMILES string of the molecule is O=C(O)CC1CCN(c2ccc(N3CCOc4nc(OCCCCC5CC5)nc5c4C3=N5)cn2)CC1. The first-order valence-corrected chi connectivity index (χ1v) is 13.1. The van der Waals surface area contributed by atoms with Crippen molar-refractivity contribution in [2.24, 2.45) is 16.8 Å². The van der Waals surface area contributed by atoms with Crippen molar-refractivity contribution in [2.75, 3.05) is 42.6 Å². The number of hydrogen-bond donors (Lipinski definition) is 1. The summed E-state index contributed by atoms with van der Waals surface area (Å²) in [7, 11) is 0. The van der Waals surface area contributed by atoms with Crippen LogP contribution in [-0.2, 0) is 4.79 Å². The van der Waals surface area contributed by atoms with E-state index in [0.29, 0.717) is 37.5 Å². The fraction of sp³-hybridized carbons (Fsp3) is 0.577. The topological polar surface area (TPSA) is 113 Å². The molecular weight excluding hydrogens is 460 g/mol. The second kappa shape index (κ2) is 9.91. The number of pyridine rings is 1. The molecule has 1 N–H and O–H groups in total. The molecule has 1 aliphatic carbocycles. The van der Waals surface area contributed by atoms with Crippen molar-refractivity contribution in [3.63, 3.8) is 0 Å². The number of aliphatic imine (C=N–C) groups is 1. The molecule has 4 aliphatic rings. The zero-order chi connectivity index (χ0) is 24.5. The summed E-state index contributed by atoms with van der Waals surface area (Å²) in [6, 6.07) is 4.41. The van der Waals surface area contributed by atoms with Crippen molar-refractivity contribution < 1.29 is 19.4 Å². The molecule has 3 aliphatic heterocycles. The minimum absolute atomic E-state index is 0.251. The number of piperidine rings is 1. The molecule has 2 aromatic rings. The summed E-state index contributed by atoms with van der Waals surface area (Å²) < 4.78 is 11.8. The highest BCUT2D eigenvalue weighted by Crippen LogP contribution is 2.40. The van der Waals surface area contributed by atoms with Gasteiger partial charge in [0.2, 0.25) is 5.88 Å². The molecule has 0 radical (unpaired) electrons. The number of rotatable bonds is 10. The van der Waals surface area contributed by atoms with Gasteiger partial charge in [0.25, 0.3) is 0 Å². The van der Waals surface area contributed by atoms with Crippen LogP contribution in [0.3, 0.4) is 0 Å². The van der Waals surface area contributed by atoms with E-state index in [-0.39, 0.29) is 12.3 Å². The van der Waals surface area contributed by atoms with Crippen LogP contribution < -0.4 is 19.3 Å². The van der Waals surface area contributed by atoms with Gasteiger partial charge in [0.15, 0.2) is 11.7 Å². The predicted molar refractivity (Wildman–Crippen MR) is 135 cm³/mol. The van der Waals surface area contributed by atoms with Crippen molar-refractivity contribution in [3.05, 3.63) is 23.9 Å². The van der Waals surface area contributed by atoms with E-state index in [4.69, 9.17) is 19.6 Å². The summed E-state index contributed by atoms with van der Waals surface area (Å²) >= 11 is 0. The largest absolute Gasteiger partial charge is 0.481 e. The van der Waals surface area contributed by atoms with Crippen LogP contribution in [0.15, 0.2) is 23.3 Å². The molecule has 0 spiro atoms. The van der Waals surface area contributed by atoms with Crippen molar-refractivity contribution in [3.8, 4) is 11.9 Å². The highest BCUT2D eigenvalue weighted by atomic mass is 16.5. The third kappa shape index (κ3) is 4.94. The molecule has 36 heavy (non-hydrogen) atoms. The molecule has 10 heteroatoms. The number of amidine groups is 1. The highest BCUT2D eigenvalue weighted by molar-refractivity contribution is 6.20. The Kier molecular flexibility index (Phi) is 6.33. The van der Waals surface area contributed by atoms with Crippen LogP contribution in [0, 0.1) is 11.8 Å². The van der Waals surface area contributed by atoms with E-state index in [1.165, 1.54) is 25.7 Å². The van der Waals surface area contributed by atoms with Crippen LogP contribution >= 0.6 is 0 Å². The molecule has 0 unspecified atom stereocenters. The summed E-state index contributed by atoms with van der Waals surface area (Å²) in [5, 5.41) is 9.03. The van der Waals surface area contributed by atoms with Gasteiger partial charge >= 0.3 is 12.0 Å². The van der Waals surface area contributed by atoms with Crippen molar-refractivity contribution in [1.29, 1.82) is 0 Å². The van der Waals surface area contributed by atoms with Crippen LogP contribution in [0.1, 0.15) is 56.9 Å². The van der Waals surface area contributed by atoms with E-state index in [1.54, 1.807) is 0 Å². The first-order chi connectivity index (χ1) is 17.6. The number of unbranched alkanes of at least 4 members (excludes halogenated alkanes) is 1. The van der Waals surface area contributed by atoms with Gasteiger partial charge in [0.1, 0.15) is 18.0 Å². The number of ether oxygens (including phenoxy) is 2. The third-order valence-electron chi connectivity index (χ3n) is 7.46. The van der Waals surface area contributed by atoms with Crippen LogP contribution in [0.2, 0.25) is 0 Å². The molecule has 0 amide bonds. The maximum absolute atomic E-state index is 11.0. The van der Waals surface area contributed by atoms with E-state index < -0.39 is 5.97 Å². The number of carbonyl (C=O) groups is 1. The maximum Gasteiger partial charge on any atom is 0.321 e. The predicted octanol–water partition coefficient (Wildman–Crippen LogP) is 3.81. The lowest BCUT2D eigenvalue weighted by molar-refractivity contribution is -0.138. The average Bonchev–Trinajstić information content (AvgIpc) is 3.70. The maximum atomic E-state index is 11.0. The molecule has 0 aromatic carbocycles. The summed E-state index contributed by atoms with van der Waals surface area (Å²) in [4.78, 5) is 33.7. The molecule has 1 saturated carbocycles. The van der Waals surface area contributed by atoms with Gasteiger partial charge in [-0.25, -0.2) is 9.98 Å². The number of nitrogens with zero attached hydrogens (tertiary/aromatic N) is 6. The number of carboxylic acids is 1. The summed E-state index contributed by atoms with van der Waals surface area (Å²) in [5.41, 5.74) is 1.77. The van der Waals surface area contributed by atoms with Crippen LogP contribution in [0.5, 0.6) is 11.9 Å². The van der Waals surface area contributed by atoms with E-state index in [9.17, 15) is 4.79 Å². The van der Waals surface area contributed by atoms with E-state index in [2.05, 4.69) is 30.8 Å². The van der Waals surface area contributed by atoms with Crippen LogP contribution in [-0.4, -0.2) is 64.7 Å². The van der Waals surface area contributed by atoms with Crippen molar-refractivity contribution >= 4 is 29.1 Å². The number of carboxylic acid groups (broad SMARTS) is 1. The number of aliphatic carboxylic acids is 1. The Labute approximate surface area is 210 Å². The molecule has 2 fully saturated rings. The Hall–Kier alpha value is -3.43. The van der Waals surface area contributed by atoms with Gasteiger partial charge in [-0.1, -0.05) is 19.3 Å². The smallest absolute Gasteiger partial charge is 0.321 e. The minimum Gasteiger partial charge on any atom is -0.481 e. The molecule has 1 saturated heterocycles. The first-order valence-electron chi connectivity index (χ1n) is 13.1. The Bertz CT molecular complexity index is 1140. The Balaban J connectivity index is 1.08. The quantitative estimate of drug-likeness (QED) is 0.495. The normalized spacial score (nSPS) is 19.1. The van der Waals surface area contributed by atoms with E-state index in [1.807, 2.05) is 12.3 Å². The molecule has 5 heterocycles. The molecule has 190 valence electrons. The Morgan fingerprint density at radius 1 is 1.08 bits per heavy atom. The lowest BCUT2D eigenvalue weighted by Crippen LogP contribution is -2.36. The lowest BCUT2D eigenvalue weighted by Gasteiger charge is -2.33. The van der Waals surface area contributed by atoms with Crippen LogP contribution in [0.4, 0.5) is 17.3 Å². The van der Waals surface area contributed by atoms with Crippen molar-refractivity contribution in [2.45, 2.75) is 51.4 Å². The second-order valence-electron chi connectivity index (χ2n) is 10.1. The van der Waals surface area contributed by atoms with Gasteiger partial charge in [0.05, 0.1) is 25.0 Å². The molecule has 0 bridgehead atoms. The van der Waals surface area contributed by atoms with Gasteiger partial charge in [-0.2, -0.15) is 9.97 Å². The summed E-state index contributed by atoms with van der Waals surface area (Å²) in [6.07, 6.45) is 10.1. The number of anilines is 2. The van der Waals surface area contributed by atoms with E-state index in [0.717, 1.165) is 61.2 Å². The molecule has 6 rings (SSSR count). The van der Waals surface area contributed by atoms with Gasteiger partial charge < -0.3 is 24.4 Å². The summed E-state index contributed by atoms with van der Waals surface area (Å²) in [5.74, 6) is 3.35. The fourth-order valence-electron chi connectivity index (χ4n) is 5.19. The molecule has 10 nitrogen and oxygen atoms in total. The lowest BCUT2D eigenvalue weighted by atomic mass is 9.94. The van der Waals surface area contributed by atoms with Crippen LogP contribution in [0.25, 0.3) is 0 Å². The third-order valence-corrected chi connectivity index (χ3v) is 7.46. The summed E-state index contributed by atoms with van der Waals surface area (Å²) in [6.45, 7) is 3.37. The van der Waals surface area contributed by atoms with E-state index >= 15 is 0 Å². The number of hydrogen-bond acceptors (Lipinski definition) is 9. The molecule has 2 aromatic heterocycles. The number of aromatic nitrogens is 3. The fourth-order valence-corrected chi connectivity index (χ4v) is 5.19. The Morgan fingerprint density at radius 3 is 2.69 bits per heavy atom. The Morgan fingerprint density at radius 2 is 1.94 bits per heavy atom. The zero-order valence-corrected chi connectivity index (χ0v) is 20.4. The minimum atomic E-state index is -0.714. The van der Waals surface area contributed by atoms with Crippen molar-refractivity contribution in [1.82, 2.24) is 15.0 Å². The molecule has 0 atom stereocenters. The second-order valence-corrected chi connectivity index (χ2v) is 10.1. The van der Waals surface area contributed by atoms with Gasteiger partial charge in [-0.15, -0.1) is 0 Å². The van der Waals surface area contributed by atoms with Gasteiger partial charge in [-0.05, 0) is 49.7 Å². The zero-order valence-electron chi connectivity index (χ0n) is 20.4. The molecular formula is C26H32N6O4. The standard InChI is InChI=1S/C26H32N6O4/c33-21(34)15-18-8-10-31(11-9-18)20-7-6-19(16-27-20)32-12-14-35-25-22-23(28-24(22)32)29-26(30-25)36-13-2-1-3-17-4-5-17/h6-7,16-18H,1-5,8-15H2,(H,33,34). The van der Waals surface area contributed by atoms with Gasteiger partial charge in [0, 0.05) is 19.5 Å².